The topological polar surface area (TPSA) is 55.3 Å². The quantitative estimate of drug-likeness (QED) is 0.870. The summed E-state index contributed by atoms with van der Waals surface area (Å²) in [7, 11) is 0. The Balaban J connectivity index is 1.83. The van der Waals surface area contributed by atoms with E-state index < -0.39 is 0 Å². The standard InChI is InChI=1S/C19H23N3O2/c1-13(2)17-11-22(19(23)16-10-20-14(3)9-21-16)12-18(24-17)15-7-5-4-6-8-15/h4-10,13,17-18H,11-12H2,1-3H3/t17-,18+/m1/s1. The largest absolute Gasteiger partial charge is 0.366 e. The predicted molar refractivity (Wildman–Crippen MR) is 91.6 cm³/mol. The molecule has 0 radical (unpaired) electrons. The summed E-state index contributed by atoms with van der Waals surface area (Å²) in [5.74, 6) is 0.244. The van der Waals surface area contributed by atoms with Gasteiger partial charge < -0.3 is 9.64 Å². The first-order valence-corrected chi connectivity index (χ1v) is 8.33. The van der Waals surface area contributed by atoms with Crippen molar-refractivity contribution in [2.75, 3.05) is 13.1 Å². The lowest BCUT2D eigenvalue weighted by Crippen LogP contribution is -2.48. The minimum Gasteiger partial charge on any atom is -0.366 e. The molecule has 126 valence electrons. The zero-order valence-corrected chi connectivity index (χ0v) is 14.3. The van der Waals surface area contributed by atoms with Crippen molar-refractivity contribution in [3.05, 3.63) is 59.7 Å². The van der Waals surface area contributed by atoms with Crippen LogP contribution >= 0.6 is 0 Å². The molecule has 0 unspecified atom stereocenters. The number of benzene rings is 1. The van der Waals surface area contributed by atoms with Gasteiger partial charge in [0.1, 0.15) is 11.8 Å². The van der Waals surface area contributed by atoms with Crippen LogP contribution in [0, 0.1) is 12.8 Å². The predicted octanol–water partition coefficient (Wildman–Crippen LogP) is 3.02. The first kappa shape index (κ1) is 16.6. The van der Waals surface area contributed by atoms with Gasteiger partial charge in [0.05, 0.1) is 24.5 Å². The second-order valence-corrected chi connectivity index (χ2v) is 6.57. The van der Waals surface area contributed by atoms with Crippen molar-refractivity contribution in [3.8, 4) is 0 Å². The van der Waals surface area contributed by atoms with Gasteiger partial charge in [0.2, 0.25) is 0 Å². The zero-order chi connectivity index (χ0) is 17.1. The highest BCUT2D eigenvalue weighted by Gasteiger charge is 2.33. The van der Waals surface area contributed by atoms with Crippen LogP contribution in [0.5, 0.6) is 0 Å². The molecular weight excluding hydrogens is 302 g/mol. The third-order valence-electron chi connectivity index (χ3n) is 4.33. The summed E-state index contributed by atoms with van der Waals surface area (Å²) in [6.45, 7) is 7.20. The lowest BCUT2D eigenvalue weighted by molar-refractivity contribution is -0.0955. The third kappa shape index (κ3) is 3.62. The van der Waals surface area contributed by atoms with Gasteiger partial charge >= 0.3 is 0 Å². The average molecular weight is 325 g/mol. The summed E-state index contributed by atoms with van der Waals surface area (Å²) >= 11 is 0. The Kier molecular flexibility index (Phi) is 4.90. The van der Waals surface area contributed by atoms with Crippen molar-refractivity contribution in [3.63, 3.8) is 0 Å². The molecular formula is C19H23N3O2. The molecule has 2 atom stereocenters. The molecule has 0 aliphatic carbocycles. The van der Waals surface area contributed by atoms with E-state index in [1.54, 1.807) is 12.4 Å². The molecule has 5 heteroatoms. The zero-order valence-electron chi connectivity index (χ0n) is 14.3. The highest BCUT2D eigenvalue weighted by Crippen LogP contribution is 2.28. The molecule has 5 nitrogen and oxygen atoms in total. The Bertz CT molecular complexity index is 686. The molecule has 1 amide bonds. The summed E-state index contributed by atoms with van der Waals surface area (Å²) in [4.78, 5) is 23.1. The van der Waals surface area contributed by atoms with Gasteiger partial charge in [0, 0.05) is 12.7 Å². The minimum absolute atomic E-state index is 0.00585. The van der Waals surface area contributed by atoms with Crippen LogP contribution in [0.15, 0.2) is 42.7 Å². The van der Waals surface area contributed by atoms with Crippen molar-refractivity contribution in [2.45, 2.75) is 33.0 Å². The van der Waals surface area contributed by atoms with Gasteiger partial charge in [-0.3, -0.25) is 9.78 Å². The monoisotopic (exact) mass is 325 g/mol. The molecule has 1 saturated heterocycles. The van der Waals surface area contributed by atoms with E-state index in [2.05, 4.69) is 23.8 Å². The van der Waals surface area contributed by atoms with Gasteiger partial charge in [-0.15, -0.1) is 0 Å². The number of ether oxygens (including phenoxy) is 1. The fourth-order valence-corrected chi connectivity index (χ4v) is 2.84. The van der Waals surface area contributed by atoms with E-state index in [4.69, 9.17) is 4.74 Å². The Morgan fingerprint density at radius 2 is 1.92 bits per heavy atom. The number of morpholine rings is 1. The lowest BCUT2D eigenvalue weighted by Gasteiger charge is -2.39. The van der Waals surface area contributed by atoms with Gasteiger partial charge in [-0.1, -0.05) is 44.2 Å². The summed E-state index contributed by atoms with van der Waals surface area (Å²) in [6, 6.07) is 10.1. The highest BCUT2D eigenvalue weighted by molar-refractivity contribution is 5.92. The molecule has 1 aromatic heterocycles. The van der Waals surface area contributed by atoms with Gasteiger partial charge in [0.15, 0.2) is 0 Å². The first-order chi connectivity index (χ1) is 11.5. The number of carbonyl (C=O) groups is 1. The molecule has 2 heterocycles. The normalized spacial score (nSPS) is 21.1. The maximum Gasteiger partial charge on any atom is 0.274 e. The van der Waals surface area contributed by atoms with E-state index in [0.717, 1.165) is 11.3 Å². The van der Waals surface area contributed by atoms with Crippen LogP contribution in [0.3, 0.4) is 0 Å². The molecule has 1 fully saturated rings. The molecule has 24 heavy (non-hydrogen) atoms. The number of nitrogens with zero attached hydrogens (tertiary/aromatic N) is 3. The van der Waals surface area contributed by atoms with E-state index in [9.17, 15) is 4.79 Å². The maximum absolute atomic E-state index is 12.8. The molecule has 2 aromatic rings. The van der Waals surface area contributed by atoms with Crippen molar-refractivity contribution < 1.29 is 9.53 Å². The molecule has 1 aliphatic rings. The summed E-state index contributed by atoms with van der Waals surface area (Å²) in [5, 5.41) is 0. The smallest absolute Gasteiger partial charge is 0.274 e. The van der Waals surface area contributed by atoms with E-state index in [-0.39, 0.29) is 18.1 Å². The van der Waals surface area contributed by atoms with Crippen LogP contribution < -0.4 is 0 Å². The van der Waals surface area contributed by atoms with Crippen LogP contribution in [0.25, 0.3) is 0 Å². The number of rotatable bonds is 3. The number of amides is 1. The number of carbonyl (C=O) groups excluding carboxylic acids is 1. The van der Waals surface area contributed by atoms with E-state index in [1.165, 1.54) is 0 Å². The minimum atomic E-state index is -0.116. The molecule has 3 rings (SSSR count). The van der Waals surface area contributed by atoms with Crippen molar-refractivity contribution >= 4 is 5.91 Å². The Labute approximate surface area is 142 Å². The van der Waals surface area contributed by atoms with E-state index in [1.807, 2.05) is 42.2 Å². The fourth-order valence-electron chi connectivity index (χ4n) is 2.84. The van der Waals surface area contributed by atoms with Gasteiger partial charge in [-0.2, -0.15) is 0 Å². The second-order valence-electron chi connectivity index (χ2n) is 6.57. The van der Waals surface area contributed by atoms with Crippen LogP contribution in [0.2, 0.25) is 0 Å². The lowest BCUT2D eigenvalue weighted by atomic mass is 10.0. The molecule has 1 aromatic carbocycles. The molecule has 0 N–H and O–H groups in total. The average Bonchev–Trinajstić information content (AvgIpc) is 2.62. The van der Waals surface area contributed by atoms with Crippen molar-refractivity contribution in [1.82, 2.24) is 14.9 Å². The van der Waals surface area contributed by atoms with Crippen molar-refractivity contribution in [2.24, 2.45) is 5.92 Å². The van der Waals surface area contributed by atoms with Crippen LogP contribution in [0.4, 0.5) is 0 Å². The number of hydrogen-bond acceptors (Lipinski definition) is 4. The van der Waals surface area contributed by atoms with E-state index in [0.29, 0.717) is 24.7 Å². The van der Waals surface area contributed by atoms with Crippen molar-refractivity contribution in [1.29, 1.82) is 0 Å². The van der Waals surface area contributed by atoms with Crippen LogP contribution in [-0.4, -0.2) is 40.0 Å². The summed E-state index contributed by atoms with van der Waals surface area (Å²) < 4.78 is 6.24. The maximum atomic E-state index is 12.8. The molecule has 0 saturated carbocycles. The fraction of sp³-hybridized carbons (Fsp3) is 0.421. The molecule has 0 spiro atoms. The SMILES string of the molecule is Cc1cnc(C(=O)N2C[C@@H](c3ccccc3)O[C@@H](C(C)C)C2)cn1. The number of hydrogen-bond donors (Lipinski definition) is 0. The summed E-state index contributed by atoms with van der Waals surface area (Å²) in [5.41, 5.74) is 2.28. The van der Waals surface area contributed by atoms with E-state index >= 15 is 0 Å². The van der Waals surface area contributed by atoms with Crippen LogP contribution in [0.1, 0.15) is 41.7 Å². The summed E-state index contributed by atoms with van der Waals surface area (Å²) in [6.07, 6.45) is 3.07. The Morgan fingerprint density at radius 1 is 1.17 bits per heavy atom. The van der Waals surface area contributed by atoms with Gasteiger partial charge in [-0.25, -0.2) is 4.98 Å². The van der Waals surface area contributed by atoms with Crippen LogP contribution in [-0.2, 0) is 4.74 Å². The molecule has 0 bridgehead atoms. The first-order valence-electron chi connectivity index (χ1n) is 8.33. The molecule has 1 aliphatic heterocycles. The second kappa shape index (κ2) is 7.09. The Hall–Kier alpha value is -2.27. The number of aryl methyl sites for hydroxylation is 1. The third-order valence-corrected chi connectivity index (χ3v) is 4.33. The van der Waals surface area contributed by atoms with Gasteiger partial charge in [-0.05, 0) is 18.4 Å². The highest BCUT2D eigenvalue weighted by atomic mass is 16.5. The van der Waals surface area contributed by atoms with Gasteiger partial charge in [0.25, 0.3) is 5.91 Å². The Morgan fingerprint density at radius 3 is 2.54 bits per heavy atom. The number of aromatic nitrogens is 2.